The van der Waals surface area contributed by atoms with E-state index in [-0.39, 0.29) is 5.91 Å². The Morgan fingerprint density at radius 1 is 1.23 bits per heavy atom. The van der Waals surface area contributed by atoms with Gasteiger partial charge in [0.15, 0.2) is 5.16 Å². The number of carbonyl (C=O) groups excluding carboxylic acids is 1. The number of hydrogen-bond donors (Lipinski definition) is 1. The number of amides is 1. The molecule has 1 aliphatic rings. The summed E-state index contributed by atoms with van der Waals surface area (Å²) < 4.78 is 2.10. The maximum Gasteiger partial charge on any atom is 0.234 e. The van der Waals surface area contributed by atoms with E-state index >= 15 is 0 Å². The summed E-state index contributed by atoms with van der Waals surface area (Å²) in [5.41, 5.74) is 2.09. The van der Waals surface area contributed by atoms with E-state index in [1.807, 2.05) is 18.2 Å². The van der Waals surface area contributed by atoms with E-state index in [9.17, 15) is 4.79 Å². The molecule has 1 fully saturated rings. The van der Waals surface area contributed by atoms with Crippen LogP contribution in [-0.4, -0.2) is 26.4 Å². The van der Waals surface area contributed by atoms with Crippen molar-refractivity contribution in [1.82, 2.24) is 14.8 Å². The number of rotatable bonds is 10. The van der Waals surface area contributed by atoms with Crippen molar-refractivity contribution >= 4 is 23.4 Å². The van der Waals surface area contributed by atoms with E-state index in [0.717, 1.165) is 29.0 Å². The first-order valence-corrected chi connectivity index (χ1v) is 12.1. The van der Waals surface area contributed by atoms with Gasteiger partial charge < -0.3 is 9.88 Å². The fourth-order valence-corrected chi connectivity index (χ4v) is 4.78. The minimum Gasteiger partial charge on any atom is -0.325 e. The summed E-state index contributed by atoms with van der Waals surface area (Å²) in [6.07, 6.45) is 10.8. The Labute approximate surface area is 184 Å². The smallest absolute Gasteiger partial charge is 0.234 e. The van der Waals surface area contributed by atoms with Crippen LogP contribution in [-0.2, 0) is 17.8 Å². The van der Waals surface area contributed by atoms with Crippen molar-refractivity contribution in [3.63, 3.8) is 0 Å². The predicted octanol–water partition coefficient (Wildman–Crippen LogP) is 5.83. The van der Waals surface area contributed by atoms with Gasteiger partial charge in [-0.25, -0.2) is 0 Å². The first-order chi connectivity index (χ1) is 14.6. The van der Waals surface area contributed by atoms with Crippen molar-refractivity contribution in [3.8, 4) is 0 Å². The van der Waals surface area contributed by atoms with Crippen molar-refractivity contribution < 1.29 is 4.79 Å². The standard InChI is InChI=1S/C24H34N4OS/c1-4-16-28-22(15-10-19-8-6-5-7-9-19)26-27-24(28)30-17-23(29)25-21-13-11-20(12-14-21)18(2)3/h4,11-14,18-19H,1,5-10,15-17H2,2-3H3,(H,25,29). The van der Waals surface area contributed by atoms with Crippen LogP contribution in [0.2, 0.25) is 0 Å². The van der Waals surface area contributed by atoms with Gasteiger partial charge in [-0.05, 0) is 36.0 Å². The second-order valence-electron chi connectivity index (χ2n) is 8.45. The van der Waals surface area contributed by atoms with Gasteiger partial charge in [-0.3, -0.25) is 4.79 Å². The first kappa shape index (κ1) is 22.6. The normalized spacial score (nSPS) is 14.8. The third kappa shape index (κ3) is 6.46. The number of benzene rings is 1. The lowest BCUT2D eigenvalue weighted by Crippen LogP contribution is -2.15. The summed E-state index contributed by atoms with van der Waals surface area (Å²) in [7, 11) is 0. The zero-order chi connectivity index (χ0) is 21.3. The number of carbonyl (C=O) groups is 1. The largest absolute Gasteiger partial charge is 0.325 e. The van der Waals surface area contributed by atoms with E-state index in [1.165, 1.54) is 55.9 Å². The third-order valence-electron chi connectivity index (χ3n) is 5.80. The Hall–Kier alpha value is -2.08. The molecular formula is C24H34N4OS. The van der Waals surface area contributed by atoms with Crippen LogP contribution in [0.3, 0.4) is 0 Å². The summed E-state index contributed by atoms with van der Waals surface area (Å²) in [5.74, 6) is 2.58. The molecule has 0 aliphatic heterocycles. The van der Waals surface area contributed by atoms with Gasteiger partial charge in [-0.2, -0.15) is 0 Å². The molecule has 1 N–H and O–H groups in total. The molecule has 0 radical (unpaired) electrons. The predicted molar refractivity (Wildman–Crippen MR) is 125 cm³/mol. The van der Waals surface area contributed by atoms with Gasteiger partial charge in [0.1, 0.15) is 5.82 Å². The fourth-order valence-electron chi connectivity index (χ4n) is 4.01. The average Bonchev–Trinajstić information content (AvgIpc) is 3.14. The molecule has 30 heavy (non-hydrogen) atoms. The lowest BCUT2D eigenvalue weighted by molar-refractivity contribution is -0.113. The number of thioether (sulfide) groups is 1. The van der Waals surface area contributed by atoms with E-state index in [0.29, 0.717) is 18.2 Å². The summed E-state index contributed by atoms with van der Waals surface area (Å²) in [4.78, 5) is 12.4. The lowest BCUT2D eigenvalue weighted by Gasteiger charge is -2.21. The van der Waals surface area contributed by atoms with E-state index < -0.39 is 0 Å². The molecule has 5 nitrogen and oxygen atoms in total. The van der Waals surface area contributed by atoms with Crippen LogP contribution in [0.4, 0.5) is 5.69 Å². The van der Waals surface area contributed by atoms with Crippen LogP contribution in [0.1, 0.15) is 69.7 Å². The molecule has 0 atom stereocenters. The monoisotopic (exact) mass is 426 g/mol. The van der Waals surface area contributed by atoms with E-state index in [2.05, 4.69) is 52.6 Å². The van der Waals surface area contributed by atoms with Gasteiger partial charge in [0.05, 0.1) is 5.75 Å². The first-order valence-electron chi connectivity index (χ1n) is 11.1. The van der Waals surface area contributed by atoms with Gasteiger partial charge in [0.25, 0.3) is 0 Å². The molecule has 1 amide bonds. The number of allylic oxidation sites excluding steroid dienone is 1. The Morgan fingerprint density at radius 2 is 1.97 bits per heavy atom. The van der Waals surface area contributed by atoms with Crippen LogP contribution >= 0.6 is 11.8 Å². The summed E-state index contributed by atoms with van der Waals surface area (Å²) in [5, 5.41) is 12.5. The quantitative estimate of drug-likeness (QED) is 0.383. The molecule has 162 valence electrons. The van der Waals surface area contributed by atoms with Gasteiger partial charge >= 0.3 is 0 Å². The molecule has 1 aliphatic carbocycles. The van der Waals surface area contributed by atoms with E-state index in [4.69, 9.17) is 0 Å². The number of aromatic nitrogens is 3. The highest BCUT2D eigenvalue weighted by Gasteiger charge is 2.17. The number of nitrogens with zero attached hydrogens (tertiary/aromatic N) is 3. The van der Waals surface area contributed by atoms with Gasteiger partial charge in [-0.15, -0.1) is 16.8 Å². The van der Waals surface area contributed by atoms with Crippen molar-refractivity contribution in [2.75, 3.05) is 11.1 Å². The number of anilines is 1. The fraction of sp³-hybridized carbons (Fsp3) is 0.542. The lowest BCUT2D eigenvalue weighted by atomic mass is 9.86. The third-order valence-corrected chi connectivity index (χ3v) is 6.77. The number of aryl methyl sites for hydroxylation is 1. The maximum absolute atomic E-state index is 12.4. The molecule has 0 unspecified atom stereocenters. The Kier molecular flexibility index (Phi) is 8.55. The van der Waals surface area contributed by atoms with Gasteiger partial charge in [0.2, 0.25) is 5.91 Å². The van der Waals surface area contributed by atoms with Crippen LogP contribution in [0, 0.1) is 5.92 Å². The van der Waals surface area contributed by atoms with Crippen molar-refractivity contribution in [2.24, 2.45) is 5.92 Å². The van der Waals surface area contributed by atoms with Crippen molar-refractivity contribution in [2.45, 2.75) is 76.4 Å². The highest BCUT2D eigenvalue weighted by molar-refractivity contribution is 7.99. The highest BCUT2D eigenvalue weighted by Crippen LogP contribution is 2.28. The summed E-state index contributed by atoms with van der Waals surface area (Å²) in [6.45, 7) is 8.87. The summed E-state index contributed by atoms with van der Waals surface area (Å²) in [6, 6.07) is 8.04. The molecule has 3 rings (SSSR count). The number of hydrogen-bond acceptors (Lipinski definition) is 4. The molecule has 0 spiro atoms. The van der Waals surface area contributed by atoms with Crippen molar-refractivity contribution in [1.29, 1.82) is 0 Å². The molecule has 0 saturated heterocycles. The second-order valence-corrected chi connectivity index (χ2v) is 9.40. The average molecular weight is 427 g/mol. The molecular weight excluding hydrogens is 392 g/mol. The molecule has 2 aromatic rings. The van der Waals surface area contributed by atoms with Gasteiger partial charge in [-0.1, -0.05) is 75.9 Å². The van der Waals surface area contributed by atoms with Gasteiger partial charge in [0, 0.05) is 18.7 Å². The van der Waals surface area contributed by atoms with E-state index in [1.54, 1.807) is 0 Å². The molecule has 0 bridgehead atoms. The Morgan fingerprint density at radius 3 is 2.63 bits per heavy atom. The van der Waals surface area contributed by atoms with Crippen molar-refractivity contribution in [3.05, 3.63) is 48.3 Å². The zero-order valence-electron chi connectivity index (χ0n) is 18.3. The topological polar surface area (TPSA) is 59.8 Å². The Balaban J connectivity index is 1.54. The SMILES string of the molecule is C=CCn1c(CCC2CCCCC2)nnc1SCC(=O)Nc1ccc(C(C)C)cc1. The van der Waals surface area contributed by atoms with Crippen LogP contribution in [0.15, 0.2) is 42.1 Å². The summed E-state index contributed by atoms with van der Waals surface area (Å²) >= 11 is 1.43. The second kappa shape index (κ2) is 11.3. The molecule has 1 aromatic carbocycles. The minimum absolute atomic E-state index is 0.0331. The maximum atomic E-state index is 12.4. The van der Waals surface area contributed by atoms with Crippen LogP contribution < -0.4 is 5.32 Å². The van der Waals surface area contributed by atoms with Crippen LogP contribution in [0.25, 0.3) is 0 Å². The van der Waals surface area contributed by atoms with Crippen LogP contribution in [0.5, 0.6) is 0 Å². The molecule has 6 heteroatoms. The zero-order valence-corrected chi connectivity index (χ0v) is 19.1. The Bertz CT molecular complexity index is 822. The number of nitrogens with one attached hydrogen (secondary N) is 1. The molecule has 1 aromatic heterocycles. The minimum atomic E-state index is -0.0331. The molecule has 1 saturated carbocycles. The molecule has 1 heterocycles. The highest BCUT2D eigenvalue weighted by atomic mass is 32.2.